The smallest absolute Gasteiger partial charge is 0.240 e. The van der Waals surface area contributed by atoms with E-state index in [0.717, 1.165) is 6.42 Å². The summed E-state index contributed by atoms with van der Waals surface area (Å²) in [5.41, 5.74) is 5.28. The third-order valence-corrected chi connectivity index (χ3v) is 3.21. The molecule has 1 fully saturated rings. The van der Waals surface area contributed by atoms with Crippen LogP contribution in [-0.4, -0.2) is 41.0 Å². The van der Waals surface area contributed by atoms with Crippen molar-refractivity contribution in [3.8, 4) is 0 Å². The molecule has 92 valence electrons. The van der Waals surface area contributed by atoms with Crippen LogP contribution in [0.25, 0.3) is 0 Å². The predicted molar refractivity (Wildman–Crippen MR) is 59.4 cm³/mol. The van der Waals surface area contributed by atoms with Gasteiger partial charge < -0.3 is 15.7 Å². The van der Waals surface area contributed by atoms with Crippen molar-refractivity contribution in [2.24, 2.45) is 11.7 Å². The minimum atomic E-state index is -0.495. The lowest BCUT2D eigenvalue weighted by Gasteiger charge is -2.27. The predicted octanol–water partition coefficient (Wildman–Crippen LogP) is -0.129. The van der Waals surface area contributed by atoms with Crippen LogP contribution in [0, 0.1) is 5.92 Å². The van der Waals surface area contributed by atoms with Gasteiger partial charge in [-0.1, -0.05) is 6.92 Å². The van der Waals surface area contributed by atoms with Crippen LogP contribution in [0.4, 0.5) is 0 Å². The first kappa shape index (κ1) is 13.0. The van der Waals surface area contributed by atoms with Crippen molar-refractivity contribution in [3.63, 3.8) is 0 Å². The van der Waals surface area contributed by atoms with Crippen LogP contribution in [0.15, 0.2) is 0 Å². The van der Waals surface area contributed by atoms with Crippen LogP contribution in [-0.2, 0) is 9.59 Å². The number of hydrogen-bond acceptors (Lipinski definition) is 3. The van der Waals surface area contributed by atoms with Gasteiger partial charge in [-0.15, -0.1) is 0 Å². The van der Waals surface area contributed by atoms with Crippen molar-refractivity contribution < 1.29 is 14.7 Å². The maximum Gasteiger partial charge on any atom is 0.240 e. The number of aliphatic hydroxyl groups excluding tert-OH is 1. The van der Waals surface area contributed by atoms with Gasteiger partial charge in [-0.2, -0.15) is 0 Å². The van der Waals surface area contributed by atoms with Gasteiger partial charge in [0.25, 0.3) is 0 Å². The largest absolute Gasteiger partial charge is 0.396 e. The lowest BCUT2D eigenvalue weighted by Crippen LogP contribution is -2.47. The Kier molecular flexibility index (Phi) is 4.73. The Balaban J connectivity index is 2.71. The molecule has 5 heteroatoms. The van der Waals surface area contributed by atoms with E-state index in [1.807, 2.05) is 6.92 Å². The number of carbonyl (C=O) groups excluding carboxylic acids is 2. The summed E-state index contributed by atoms with van der Waals surface area (Å²) in [6.07, 6.45) is 2.38. The van der Waals surface area contributed by atoms with Crippen LogP contribution >= 0.6 is 0 Å². The monoisotopic (exact) mass is 228 g/mol. The lowest BCUT2D eigenvalue weighted by atomic mass is 10.0. The Hall–Kier alpha value is -1.10. The molecule has 0 aromatic carbocycles. The fourth-order valence-corrected chi connectivity index (χ4v) is 2.15. The first-order valence-electron chi connectivity index (χ1n) is 5.79. The molecule has 2 amide bonds. The van der Waals surface area contributed by atoms with Crippen molar-refractivity contribution in [2.45, 2.75) is 38.6 Å². The third-order valence-electron chi connectivity index (χ3n) is 3.21. The Morgan fingerprint density at radius 2 is 2.31 bits per heavy atom. The normalized spacial score (nSPS) is 24.0. The van der Waals surface area contributed by atoms with Crippen molar-refractivity contribution in [2.75, 3.05) is 13.2 Å². The molecular weight excluding hydrogens is 208 g/mol. The average Bonchev–Trinajstić information content (AvgIpc) is 2.43. The third kappa shape index (κ3) is 2.95. The van der Waals surface area contributed by atoms with E-state index < -0.39 is 11.9 Å². The van der Waals surface area contributed by atoms with Crippen molar-refractivity contribution in [3.05, 3.63) is 0 Å². The van der Waals surface area contributed by atoms with E-state index in [-0.39, 0.29) is 18.4 Å². The van der Waals surface area contributed by atoms with Crippen LogP contribution in [0.5, 0.6) is 0 Å². The highest BCUT2D eigenvalue weighted by Crippen LogP contribution is 2.20. The topological polar surface area (TPSA) is 83.6 Å². The quantitative estimate of drug-likeness (QED) is 0.703. The van der Waals surface area contributed by atoms with Gasteiger partial charge in [-0.05, 0) is 25.2 Å². The Morgan fingerprint density at radius 1 is 1.62 bits per heavy atom. The molecule has 2 atom stereocenters. The fourth-order valence-electron chi connectivity index (χ4n) is 2.15. The molecule has 1 aliphatic heterocycles. The molecule has 0 radical (unpaired) electrons. The number of nitrogens with zero attached hydrogens (tertiary/aromatic N) is 1. The molecule has 1 aliphatic rings. The molecule has 0 aromatic rings. The molecule has 1 saturated heterocycles. The van der Waals surface area contributed by atoms with Gasteiger partial charge in [0.1, 0.15) is 6.04 Å². The van der Waals surface area contributed by atoms with Gasteiger partial charge in [-0.25, -0.2) is 0 Å². The molecule has 0 bridgehead atoms. The summed E-state index contributed by atoms with van der Waals surface area (Å²) in [6, 6.07) is -0.495. The maximum atomic E-state index is 11.8. The summed E-state index contributed by atoms with van der Waals surface area (Å²) in [5.74, 6) is -0.306. The Labute approximate surface area is 95.6 Å². The molecule has 0 aromatic heterocycles. The molecular formula is C11H20N2O3. The number of nitrogens with two attached hydrogens (primary N) is 1. The summed E-state index contributed by atoms with van der Waals surface area (Å²) in [5, 5.41) is 9.07. The first-order chi connectivity index (χ1) is 7.60. The minimum absolute atomic E-state index is 0.0263. The number of rotatable bonds is 4. The van der Waals surface area contributed by atoms with Gasteiger partial charge in [0.2, 0.25) is 11.8 Å². The SMILES string of the molecule is CCC(C(N)=O)N1CCC(CO)CCC1=O. The summed E-state index contributed by atoms with van der Waals surface area (Å²) in [4.78, 5) is 24.6. The fraction of sp³-hybridized carbons (Fsp3) is 0.818. The maximum absolute atomic E-state index is 11.8. The number of amides is 2. The highest BCUT2D eigenvalue weighted by Gasteiger charge is 2.29. The Bertz CT molecular complexity index is 268. The van der Waals surface area contributed by atoms with E-state index in [2.05, 4.69) is 0 Å². The van der Waals surface area contributed by atoms with E-state index in [4.69, 9.17) is 10.8 Å². The molecule has 1 heterocycles. The zero-order valence-corrected chi connectivity index (χ0v) is 9.69. The molecule has 3 N–H and O–H groups in total. The average molecular weight is 228 g/mol. The molecule has 16 heavy (non-hydrogen) atoms. The van der Waals surface area contributed by atoms with Crippen LogP contribution in [0.3, 0.4) is 0 Å². The van der Waals surface area contributed by atoms with Gasteiger partial charge in [0.15, 0.2) is 0 Å². The van der Waals surface area contributed by atoms with Crippen molar-refractivity contribution in [1.29, 1.82) is 0 Å². The second kappa shape index (κ2) is 5.84. The molecule has 2 unspecified atom stereocenters. The van der Waals surface area contributed by atoms with Gasteiger partial charge in [0.05, 0.1) is 0 Å². The van der Waals surface area contributed by atoms with Gasteiger partial charge in [0, 0.05) is 19.6 Å². The summed E-state index contributed by atoms with van der Waals surface area (Å²) < 4.78 is 0. The zero-order chi connectivity index (χ0) is 12.1. The van der Waals surface area contributed by atoms with Crippen molar-refractivity contribution >= 4 is 11.8 Å². The van der Waals surface area contributed by atoms with Crippen molar-refractivity contribution in [1.82, 2.24) is 4.90 Å². The summed E-state index contributed by atoms with van der Waals surface area (Å²) in [6.45, 7) is 2.47. The summed E-state index contributed by atoms with van der Waals surface area (Å²) in [7, 11) is 0. The lowest BCUT2D eigenvalue weighted by molar-refractivity contribution is -0.139. The number of primary amides is 1. The van der Waals surface area contributed by atoms with E-state index in [0.29, 0.717) is 25.8 Å². The minimum Gasteiger partial charge on any atom is -0.396 e. The molecule has 1 rings (SSSR count). The number of hydrogen-bond donors (Lipinski definition) is 2. The van der Waals surface area contributed by atoms with E-state index in [1.54, 1.807) is 4.90 Å². The molecule has 0 spiro atoms. The van der Waals surface area contributed by atoms with Crippen LogP contribution in [0.1, 0.15) is 32.6 Å². The number of carbonyl (C=O) groups is 2. The summed E-state index contributed by atoms with van der Waals surface area (Å²) >= 11 is 0. The molecule has 0 aliphatic carbocycles. The zero-order valence-electron chi connectivity index (χ0n) is 9.69. The molecule has 0 saturated carbocycles. The van der Waals surface area contributed by atoms with E-state index >= 15 is 0 Å². The second-order valence-electron chi connectivity index (χ2n) is 4.29. The van der Waals surface area contributed by atoms with Gasteiger partial charge in [-0.3, -0.25) is 9.59 Å². The van der Waals surface area contributed by atoms with E-state index in [1.165, 1.54) is 0 Å². The van der Waals surface area contributed by atoms with Gasteiger partial charge >= 0.3 is 0 Å². The number of aliphatic hydroxyl groups is 1. The first-order valence-corrected chi connectivity index (χ1v) is 5.79. The van der Waals surface area contributed by atoms with Crippen LogP contribution in [0.2, 0.25) is 0 Å². The second-order valence-corrected chi connectivity index (χ2v) is 4.29. The molecule has 5 nitrogen and oxygen atoms in total. The number of likely N-dealkylation sites (tertiary alicyclic amines) is 1. The van der Waals surface area contributed by atoms with E-state index in [9.17, 15) is 9.59 Å². The van der Waals surface area contributed by atoms with Crippen LogP contribution < -0.4 is 5.73 Å². The highest BCUT2D eigenvalue weighted by atomic mass is 16.3. The highest BCUT2D eigenvalue weighted by molar-refractivity contribution is 5.86. The Morgan fingerprint density at radius 3 is 2.81 bits per heavy atom. The standard InChI is InChI=1S/C11H20N2O3/c1-2-9(11(12)16)13-6-5-8(7-14)3-4-10(13)15/h8-9,14H,2-7H2,1H3,(H2,12,16).